The Hall–Kier alpha value is -1.46. The fraction of sp³-hybridized carbons (Fsp3) is 0.111. The molecule has 0 spiro atoms. The Morgan fingerprint density at radius 3 is 3.07 bits per heavy atom. The fourth-order valence-electron chi connectivity index (χ4n) is 0.958. The van der Waals surface area contributed by atoms with E-state index >= 15 is 0 Å². The summed E-state index contributed by atoms with van der Waals surface area (Å²) in [6, 6.07) is 4.00. The van der Waals surface area contributed by atoms with Crippen LogP contribution in [-0.4, -0.2) is 10.1 Å². The van der Waals surface area contributed by atoms with Crippen molar-refractivity contribution in [3.05, 3.63) is 34.1 Å². The molecule has 2 rings (SSSR count). The summed E-state index contributed by atoms with van der Waals surface area (Å²) in [7, 11) is 0. The van der Waals surface area contributed by atoms with Crippen LogP contribution in [0.25, 0.3) is 12.2 Å². The van der Waals surface area contributed by atoms with Gasteiger partial charge in [-0.3, -0.25) is 0 Å². The zero-order valence-electron chi connectivity index (χ0n) is 7.38. The smallest absolute Gasteiger partial charge is 0.250 e. The minimum Gasteiger partial charge on any atom is -0.335 e. The molecule has 0 aliphatic rings. The van der Waals surface area contributed by atoms with E-state index in [-0.39, 0.29) is 0 Å². The van der Waals surface area contributed by atoms with Crippen LogP contribution in [0.5, 0.6) is 0 Å². The minimum atomic E-state index is 0.302. The molecule has 0 unspecified atom stereocenters. The van der Waals surface area contributed by atoms with Gasteiger partial charge < -0.3 is 10.3 Å². The van der Waals surface area contributed by atoms with E-state index in [2.05, 4.69) is 10.1 Å². The van der Waals surface area contributed by atoms with E-state index in [1.54, 1.807) is 17.4 Å². The molecule has 2 aromatic rings. The third-order valence-electron chi connectivity index (χ3n) is 1.60. The maximum atomic E-state index is 5.35. The Kier molecular flexibility index (Phi) is 2.71. The standard InChI is InChI=1S/C9H9N3OS/c10-6-8-11-9(13-12-8)4-3-7-2-1-5-14-7/h1-5H,6,10H2/b4-3+. The van der Waals surface area contributed by atoms with Gasteiger partial charge in [-0.25, -0.2) is 0 Å². The molecule has 0 aliphatic carbocycles. The highest BCUT2D eigenvalue weighted by Crippen LogP contribution is 2.12. The summed E-state index contributed by atoms with van der Waals surface area (Å²) in [5.74, 6) is 1.01. The molecule has 0 fully saturated rings. The quantitative estimate of drug-likeness (QED) is 0.832. The van der Waals surface area contributed by atoms with Crippen molar-refractivity contribution in [2.75, 3.05) is 0 Å². The van der Waals surface area contributed by atoms with Crippen LogP contribution in [0.15, 0.2) is 22.0 Å². The van der Waals surface area contributed by atoms with Crippen LogP contribution in [0.1, 0.15) is 16.6 Å². The van der Waals surface area contributed by atoms with Gasteiger partial charge in [0.2, 0.25) is 0 Å². The first-order valence-electron chi connectivity index (χ1n) is 4.13. The number of thiophene rings is 1. The molecular weight excluding hydrogens is 198 g/mol. The number of hydrogen-bond acceptors (Lipinski definition) is 5. The maximum absolute atomic E-state index is 5.35. The zero-order chi connectivity index (χ0) is 9.80. The van der Waals surface area contributed by atoms with Crippen molar-refractivity contribution in [3.8, 4) is 0 Å². The molecule has 0 radical (unpaired) electrons. The van der Waals surface area contributed by atoms with Crippen molar-refractivity contribution in [3.63, 3.8) is 0 Å². The van der Waals surface area contributed by atoms with Gasteiger partial charge >= 0.3 is 0 Å². The number of hydrogen-bond donors (Lipinski definition) is 1. The molecular formula is C9H9N3OS. The lowest BCUT2D eigenvalue weighted by molar-refractivity contribution is 0.403. The van der Waals surface area contributed by atoms with Crippen molar-refractivity contribution in [2.45, 2.75) is 6.54 Å². The van der Waals surface area contributed by atoms with Gasteiger partial charge in [0.25, 0.3) is 5.89 Å². The Balaban J connectivity index is 2.10. The lowest BCUT2D eigenvalue weighted by Gasteiger charge is -1.80. The van der Waals surface area contributed by atoms with E-state index in [0.717, 1.165) is 4.88 Å². The van der Waals surface area contributed by atoms with E-state index in [4.69, 9.17) is 10.3 Å². The summed E-state index contributed by atoms with van der Waals surface area (Å²) in [5, 5.41) is 5.69. The van der Waals surface area contributed by atoms with E-state index in [1.165, 1.54) is 0 Å². The van der Waals surface area contributed by atoms with E-state index in [9.17, 15) is 0 Å². The lowest BCUT2D eigenvalue weighted by atomic mass is 10.4. The van der Waals surface area contributed by atoms with E-state index < -0.39 is 0 Å². The summed E-state index contributed by atoms with van der Waals surface area (Å²) < 4.78 is 4.93. The maximum Gasteiger partial charge on any atom is 0.250 e. The van der Waals surface area contributed by atoms with E-state index in [0.29, 0.717) is 18.3 Å². The van der Waals surface area contributed by atoms with Crippen LogP contribution >= 0.6 is 11.3 Å². The van der Waals surface area contributed by atoms with Gasteiger partial charge in [0.15, 0.2) is 5.82 Å². The van der Waals surface area contributed by atoms with Crippen LogP contribution < -0.4 is 5.73 Å². The van der Waals surface area contributed by atoms with Gasteiger partial charge in [0, 0.05) is 11.0 Å². The molecule has 0 atom stereocenters. The van der Waals surface area contributed by atoms with Crippen LogP contribution in [-0.2, 0) is 6.54 Å². The predicted molar refractivity (Wildman–Crippen MR) is 55.4 cm³/mol. The second-order valence-corrected chi connectivity index (χ2v) is 3.58. The predicted octanol–water partition coefficient (Wildman–Crippen LogP) is 1.76. The first-order valence-corrected chi connectivity index (χ1v) is 5.00. The normalized spacial score (nSPS) is 11.2. The highest BCUT2D eigenvalue weighted by molar-refractivity contribution is 7.10. The molecule has 0 aromatic carbocycles. The molecule has 5 heteroatoms. The number of nitrogens with two attached hydrogens (primary N) is 1. The largest absolute Gasteiger partial charge is 0.335 e. The van der Waals surface area contributed by atoms with Crippen molar-refractivity contribution < 1.29 is 4.52 Å². The molecule has 0 aliphatic heterocycles. The van der Waals surface area contributed by atoms with Crippen molar-refractivity contribution in [2.24, 2.45) is 5.73 Å². The van der Waals surface area contributed by atoms with Crippen molar-refractivity contribution in [1.82, 2.24) is 10.1 Å². The Morgan fingerprint density at radius 1 is 1.50 bits per heavy atom. The van der Waals surface area contributed by atoms with Crippen LogP contribution in [0.3, 0.4) is 0 Å². The van der Waals surface area contributed by atoms with E-state index in [1.807, 2.05) is 23.6 Å². The van der Waals surface area contributed by atoms with Crippen LogP contribution in [0, 0.1) is 0 Å². The number of rotatable bonds is 3. The van der Waals surface area contributed by atoms with Gasteiger partial charge in [0.1, 0.15) is 0 Å². The fourth-order valence-corrected chi connectivity index (χ4v) is 1.58. The highest BCUT2D eigenvalue weighted by Gasteiger charge is 1.99. The third-order valence-corrected chi connectivity index (χ3v) is 2.44. The topological polar surface area (TPSA) is 64.9 Å². The molecule has 0 saturated carbocycles. The van der Waals surface area contributed by atoms with Gasteiger partial charge in [-0.1, -0.05) is 11.2 Å². The Labute approximate surface area is 85.1 Å². The van der Waals surface area contributed by atoms with Gasteiger partial charge in [-0.2, -0.15) is 4.98 Å². The molecule has 72 valence electrons. The second-order valence-electron chi connectivity index (χ2n) is 2.60. The molecule has 14 heavy (non-hydrogen) atoms. The summed E-state index contributed by atoms with van der Waals surface area (Å²) in [5.41, 5.74) is 5.35. The van der Waals surface area contributed by atoms with Gasteiger partial charge in [-0.05, 0) is 17.5 Å². The van der Waals surface area contributed by atoms with Gasteiger partial charge in [-0.15, -0.1) is 11.3 Å². The SMILES string of the molecule is NCc1noc(/C=C/c2cccs2)n1. The minimum absolute atomic E-state index is 0.302. The Morgan fingerprint density at radius 2 is 2.43 bits per heavy atom. The molecule has 0 saturated heterocycles. The average molecular weight is 207 g/mol. The molecule has 2 N–H and O–H groups in total. The molecule has 0 amide bonds. The summed E-state index contributed by atoms with van der Waals surface area (Å²) in [6.45, 7) is 0.302. The number of nitrogens with zero attached hydrogens (tertiary/aromatic N) is 2. The summed E-state index contributed by atoms with van der Waals surface area (Å²) in [4.78, 5) is 5.19. The second kappa shape index (κ2) is 4.17. The first-order chi connectivity index (χ1) is 6.88. The number of aromatic nitrogens is 2. The summed E-state index contributed by atoms with van der Waals surface area (Å²) in [6.07, 6.45) is 3.70. The van der Waals surface area contributed by atoms with Crippen molar-refractivity contribution in [1.29, 1.82) is 0 Å². The average Bonchev–Trinajstić information content (AvgIpc) is 2.86. The monoisotopic (exact) mass is 207 g/mol. The first kappa shape index (κ1) is 9.11. The van der Waals surface area contributed by atoms with Crippen LogP contribution in [0.4, 0.5) is 0 Å². The van der Waals surface area contributed by atoms with Gasteiger partial charge in [0.05, 0.1) is 6.54 Å². The molecule has 2 aromatic heterocycles. The summed E-state index contributed by atoms with van der Waals surface area (Å²) >= 11 is 1.65. The zero-order valence-corrected chi connectivity index (χ0v) is 8.20. The van der Waals surface area contributed by atoms with Crippen molar-refractivity contribution >= 4 is 23.5 Å². The molecule has 4 nitrogen and oxygen atoms in total. The third kappa shape index (κ3) is 2.07. The molecule has 2 heterocycles. The Bertz CT molecular complexity index is 419. The highest BCUT2D eigenvalue weighted by atomic mass is 32.1. The lowest BCUT2D eigenvalue weighted by Crippen LogP contribution is -1.97. The molecule has 0 bridgehead atoms. The van der Waals surface area contributed by atoms with Crippen LogP contribution in [0.2, 0.25) is 0 Å².